The fraction of sp³-hybridized carbons (Fsp3) is 0.375. The number of aryl methyl sites for hydroxylation is 1. The first-order valence-corrected chi connectivity index (χ1v) is 7.12. The highest BCUT2D eigenvalue weighted by Crippen LogP contribution is 2.18. The van der Waals surface area contributed by atoms with E-state index >= 15 is 0 Å². The summed E-state index contributed by atoms with van der Waals surface area (Å²) in [5.41, 5.74) is 2.50. The number of halogens is 1. The third-order valence-corrected chi connectivity index (χ3v) is 3.48. The number of hydrogen-bond donors (Lipinski definition) is 1. The summed E-state index contributed by atoms with van der Waals surface area (Å²) in [6.07, 6.45) is 0. The molecule has 0 atom stereocenters. The average molecular weight is 293 g/mol. The van der Waals surface area contributed by atoms with Crippen molar-refractivity contribution in [2.24, 2.45) is 0 Å². The minimum absolute atomic E-state index is 0.766. The molecule has 2 aromatic rings. The molecule has 0 amide bonds. The maximum absolute atomic E-state index is 5.90. The van der Waals surface area contributed by atoms with Crippen molar-refractivity contribution >= 4 is 11.6 Å². The highest BCUT2D eigenvalue weighted by molar-refractivity contribution is 6.30. The molecule has 1 heterocycles. The molecule has 0 radical (unpaired) electrons. The standard InChI is InChI=1S/C16H21ClN2O/c1-12-14(8-16(20-12)9-18-2)11-19(3)10-13-4-6-15(17)7-5-13/h4-8,18H,9-11H2,1-3H3. The molecule has 0 aliphatic rings. The Balaban J connectivity index is 1.97. The average Bonchev–Trinajstić information content (AvgIpc) is 2.73. The van der Waals surface area contributed by atoms with E-state index in [1.54, 1.807) is 0 Å². The van der Waals surface area contributed by atoms with E-state index in [1.165, 1.54) is 11.1 Å². The van der Waals surface area contributed by atoms with Crippen LogP contribution < -0.4 is 5.32 Å². The maximum Gasteiger partial charge on any atom is 0.118 e. The first-order chi connectivity index (χ1) is 9.58. The van der Waals surface area contributed by atoms with E-state index in [9.17, 15) is 0 Å². The highest BCUT2D eigenvalue weighted by Gasteiger charge is 2.09. The Labute approximate surface area is 125 Å². The van der Waals surface area contributed by atoms with Crippen LogP contribution in [-0.4, -0.2) is 19.0 Å². The number of nitrogens with one attached hydrogen (secondary N) is 1. The summed E-state index contributed by atoms with van der Waals surface area (Å²) in [5, 5.41) is 3.88. The lowest BCUT2D eigenvalue weighted by atomic mass is 10.2. The zero-order valence-corrected chi connectivity index (χ0v) is 13.0. The minimum atomic E-state index is 0.766. The molecular weight excluding hydrogens is 272 g/mol. The van der Waals surface area contributed by atoms with Crippen molar-refractivity contribution in [1.82, 2.24) is 10.2 Å². The van der Waals surface area contributed by atoms with Gasteiger partial charge in [-0.1, -0.05) is 23.7 Å². The largest absolute Gasteiger partial charge is 0.465 e. The van der Waals surface area contributed by atoms with Gasteiger partial charge in [0.1, 0.15) is 11.5 Å². The molecule has 2 rings (SSSR count). The van der Waals surface area contributed by atoms with Gasteiger partial charge in [0, 0.05) is 23.7 Å². The van der Waals surface area contributed by atoms with Crippen LogP contribution in [-0.2, 0) is 19.6 Å². The summed E-state index contributed by atoms with van der Waals surface area (Å²) in [6.45, 7) is 4.55. The first-order valence-electron chi connectivity index (χ1n) is 6.74. The minimum Gasteiger partial charge on any atom is -0.465 e. The fourth-order valence-electron chi connectivity index (χ4n) is 2.25. The summed E-state index contributed by atoms with van der Waals surface area (Å²) >= 11 is 5.90. The number of rotatable bonds is 6. The molecule has 3 nitrogen and oxygen atoms in total. The fourth-order valence-corrected chi connectivity index (χ4v) is 2.38. The molecule has 0 aliphatic carbocycles. The zero-order valence-electron chi connectivity index (χ0n) is 12.2. The van der Waals surface area contributed by atoms with Gasteiger partial charge in [0.15, 0.2) is 0 Å². The molecule has 0 bridgehead atoms. The van der Waals surface area contributed by atoms with Gasteiger partial charge in [-0.05, 0) is 44.8 Å². The predicted octanol–water partition coefficient (Wildman–Crippen LogP) is 3.59. The molecule has 0 aliphatic heterocycles. The Morgan fingerprint density at radius 3 is 2.55 bits per heavy atom. The molecule has 0 fully saturated rings. The van der Waals surface area contributed by atoms with Crippen LogP contribution in [0, 0.1) is 6.92 Å². The molecule has 1 aromatic heterocycles. The van der Waals surface area contributed by atoms with Crippen LogP contribution in [0.3, 0.4) is 0 Å². The second-order valence-electron chi connectivity index (χ2n) is 5.12. The monoisotopic (exact) mass is 292 g/mol. The molecule has 1 N–H and O–H groups in total. The van der Waals surface area contributed by atoms with Crippen LogP contribution in [0.2, 0.25) is 5.02 Å². The number of furan rings is 1. The van der Waals surface area contributed by atoms with Gasteiger partial charge in [-0.3, -0.25) is 4.90 Å². The first kappa shape index (κ1) is 15.1. The second-order valence-corrected chi connectivity index (χ2v) is 5.56. The molecule has 1 aromatic carbocycles. The van der Waals surface area contributed by atoms with E-state index in [0.29, 0.717) is 0 Å². The topological polar surface area (TPSA) is 28.4 Å². The summed E-state index contributed by atoms with van der Waals surface area (Å²) in [5.74, 6) is 1.98. The van der Waals surface area contributed by atoms with Gasteiger partial charge in [0.25, 0.3) is 0 Å². The second kappa shape index (κ2) is 6.93. The maximum atomic E-state index is 5.90. The smallest absolute Gasteiger partial charge is 0.118 e. The summed E-state index contributed by atoms with van der Waals surface area (Å²) in [7, 11) is 4.03. The van der Waals surface area contributed by atoms with Gasteiger partial charge < -0.3 is 9.73 Å². The Hall–Kier alpha value is -1.29. The normalized spacial score (nSPS) is 11.2. The van der Waals surface area contributed by atoms with Gasteiger partial charge in [0.05, 0.1) is 6.54 Å². The van der Waals surface area contributed by atoms with Crippen LogP contribution in [0.15, 0.2) is 34.7 Å². The van der Waals surface area contributed by atoms with Crippen molar-refractivity contribution in [3.8, 4) is 0 Å². The van der Waals surface area contributed by atoms with Gasteiger partial charge in [-0.25, -0.2) is 0 Å². The lowest BCUT2D eigenvalue weighted by Crippen LogP contribution is -2.17. The molecule has 0 spiro atoms. The molecule has 4 heteroatoms. The van der Waals surface area contributed by atoms with Crippen molar-refractivity contribution < 1.29 is 4.42 Å². The van der Waals surface area contributed by atoms with Crippen molar-refractivity contribution in [2.75, 3.05) is 14.1 Å². The molecule has 0 saturated heterocycles. The Morgan fingerprint density at radius 1 is 1.20 bits per heavy atom. The molecule has 108 valence electrons. The lowest BCUT2D eigenvalue weighted by Gasteiger charge is -2.16. The molecule has 0 saturated carbocycles. The number of hydrogen-bond acceptors (Lipinski definition) is 3. The summed E-state index contributed by atoms with van der Waals surface area (Å²) in [4.78, 5) is 2.27. The highest BCUT2D eigenvalue weighted by atomic mass is 35.5. The van der Waals surface area contributed by atoms with E-state index in [0.717, 1.165) is 36.2 Å². The van der Waals surface area contributed by atoms with Crippen LogP contribution in [0.4, 0.5) is 0 Å². The van der Waals surface area contributed by atoms with Crippen molar-refractivity contribution in [3.05, 3.63) is 58.0 Å². The van der Waals surface area contributed by atoms with Gasteiger partial charge in [-0.2, -0.15) is 0 Å². The van der Waals surface area contributed by atoms with E-state index in [1.807, 2.05) is 26.1 Å². The Morgan fingerprint density at radius 2 is 1.90 bits per heavy atom. The van der Waals surface area contributed by atoms with Crippen LogP contribution in [0.5, 0.6) is 0 Å². The van der Waals surface area contributed by atoms with Gasteiger partial charge in [-0.15, -0.1) is 0 Å². The Bertz CT molecular complexity index is 548. The molecule has 0 unspecified atom stereocenters. The quantitative estimate of drug-likeness (QED) is 0.882. The van der Waals surface area contributed by atoms with E-state index < -0.39 is 0 Å². The SMILES string of the molecule is CNCc1cc(CN(C)Cc2ccc(Cl)cc2)c(C)o1. The van der Waals surface area contributed by atoms with Crippen LogP contribution >= 0.6 is 11.6 Å². The van der Waals surface area contributed by atoms with Crippen molar-refractivity contribution in [3.63, 3.8) is 0 Å². The number of nitrogens with zero attached hydrogens (tertiary/aromatic N) is 1. The van der Waals surface area contributed by atoms with Crippen LogP contribution in [0.1, 0.15) is 22.6 Å². The third-order valence-electron chi connectivity index (χ3n) is 3.23. The van der Waals surface area contributed by atoms with E-state index in [-0.39, 0.29) is 0 Å². The van der Waals surface area contributed by atoms with E-state index in [4.69, 9.17) is 16.0 Å². The van der Waals surface area contributed by atoms with Crippen molar-refractivity contribution in [2.45, 2.75) is 26.6 Å². The van der Waals surface area contributed by atoms with Gasteiger partial charge in [0.2, 0.25) is 0 Å². The predicted molar refractivity (Wildman–Crippen MR) is 82.8 cm³/mol. The van der Waals surface area contributed by atoms with E-state index in [2.05, 4.69) is 35.5 Å². The van der Waals surface area contributed by atoms with Crippen molar-refractivity contribution in [1.29, 1.82) is 0 Å². The third kappa shape index (κ3) is 4.10. The molecule has 20 heavy (non-hydrogen) atoms. The summed E-state index contributed by atoms with van der Waals surface area (Å²) < 4.78 is 5.72. The Kier molecular flexibility index (Phi) is 5.24. The van der Waals surface area contributed by atoms with Crippen LogP contribution in [0.25, 0.3) is 0 Å². The summed E-state index contributed by atoms with van der Waals surface area (Å²) in [6, 6.07) is 10.1. The van der Waals surface area contributed by atoms with Gasteiger partial charge >= 0.3 is 0 Å². The lowest BCUT2D eigenvalue weighted by molar-refractivity contribution is 0.316. The molecular formula is C16H21ClN2O. The number of benzene rings is 1. The zero-order chi connectivity index (χ0) is 14.5.